The first-order valence-corrected chi connectivity index (χ1v) is 5.08. The van der Waals surface area contributed by atoms with Crippen molar-refractivity contribution in [2.45, 2.75) is 51.6 Å². The molecule has 2 rings (SSSR count). The third-order valence-electron chi connectivity index (χ3n) is 3.58. The minimum absolute atomic E-state index is 0. The van der Waals surface area contributed by atoms with Crippen molar-refractivity contribution >= 4 is 0 Å². The Balaban J connectivity index is 0.000000845. The molecule has 1 unspecified atom stereocenters. The average molecular weight is 393 g/mol. The molecule has 0 bridgehead atoms. The van der Waals surface area contributed by atoms with Crippen molar-refractivity contribution in [1.29, 1.82) is 0 Å². The Kier molecular flexibility index (Phi) is 4.49. The van der Waals surface area contributed by atoms with Gasteiger partial charge in [-0.3, -0.25) is 0 Å². The van der Waals surface area contributed by atoms with E-state index in [9.17, 15) is 5.11 Å². The summed E-state index contributed by atoms with van der Waals surface area (Å²) in [6.45, 7) is 2.36. The smallest absolute Gasteiger partial charge is 0.0577 e. The molecule has 0 aromatic carbocycles. The van der Waals surface area contributed by atoms with Gasteiger partial charge in [-0.25, -0.2) is 0 Å². The maximum Gasteiger partial charge on any atom is 0.0577 e. The van der Waals surface area contributed by atoms with Crippen molar-refractivity contribution in [1.82, 2.24) is 0 Å². The molecule has 0 amide bonds. The number of fused-ring (bicyclic) bond motifs is 1. The van der Waals surface area contributed by atoms with Gasteiger partial charge < -0.3 is 5.11 Å². The van der Waals surface area contributed by atoms with Crippen LogP contribution in [0.15, 0.2) is 11.6 Å². The van der Waals surface area contributed by atoms with Gasteiger partial charge in [-0.1, -0.05) is 18.6 Å². The Morgan fingerprint density at radius 2 is 2.23 bits per heavy atom. The van der Waals surface area contributed by atoms with Crippen molar-refractivity contribution in [2.75, 3.05) is 0 Å². The first-order chi connectivity index (χ1) is 5.71. The second-order valence-corrected chi connectivity index (χ2v) is 4.58. The van der Waals surface area contributed by atoms with Crippen LogP contribution in [-0.2, 0) is 0 Å². The fourth-order valence-electron chi connectivity index (χ4n) is 2.63. The Morgan fingerprint density at radius 3 is 3.00 bits per heavy atom. The molecule has 2 atom stereocenters. The average Bonchev–Trinajstić information content (AvgIpc) is 2.06. The van der Waals surface area contributed by atoms with E-state index in [0.717, 1.165) is 12.8 Å². The summed E-state index contributed by atoms with van der Waals surface area (Å²) < 4.78 is 0. The van der Waals surface area contributed by atoms with Crippen molar-refractivity contribution in [3.8, 4) is 0 Å². The van der Waals surface area contributed by atoms with E-state index < -0.39 is 0 Å². The number of hydrogen-bond acceptors (Lipinski definition) is 1. The van der Waals surface area contributed by atoms with E-state index >= 15 is 0 Å². The van der Waals surface area contributed by atoms with Crippen molar-refractivity contribution in [3.63, 3.8) is 0 Å². The third-order valence-corrected chi connectivity index (χ3v) is 3.58. The van der Waals surface area contributed by atoms with Crippen LogP contribution in [-0.4, -0.2) is 11.2 Å². The normalized spacial score (nSPS) is 38.6. The molecule has 71 valence electrons. The molecule has 0 aromatic rings. The van der Waals surface area contributed by atoms with Crippen LogP contribution in [0, 0.1) is 49.5 Å². The van der Waals surface area contributed by atoms with E-state index in [1.54, 1.807) is 0 Å². The van der Waals surface area contributed by atoms with Crippen LogP contribution in [0.4, 0.5) is 0 Å². The molecular weight excluding hydrogens is 375 g/mol. The van der Waals surface area contributed by atoms with Crippen LogP contribution in [0.1, 0.15) is 45.4 Å². The SMILES string of the molecule is C[C@@]12CCCC=C1CC(O)CC2.[Ac]. The molecule has 0 heterocycles. The van der Waals surface area contributed by atoms with Crippen LogP contribution in [0.5, 0.6) is 0 Å². The molecule has 0 aliphatic heterocycles. The van der Waals surface area contributed by atoms with E-state index in [4.69, 9.17) is 0 Å². The van der Waals surface area contributed by atoms with Gasteiger partial charge in [0.25, 0.3) is 0 Å². The Morgan fingerprint density at radius 1 is 1.46 bits per heavy atom. The van der Waals surface area contributed by atoms with Crippen LogP contribution in [0.2, 0.25) is 0 Å². The Hall–Kier alpha value is 1.14. The molecule has 1 radical (unpaired) electrons. The number of aliphatic hydroxyl groups excluding tert-OH is 1. The van der Waals surface area contributed by atoms with E-state index in [0.29, 0.717) is 5.41 Å². The van der Waals surface area contributed by atoms with Crippen LogP contribution < -0.4 is 0 Å². The second-order valence-electron chi connectivity index (χ2n) is 4.58. The number of aliphatic hydroxyl groups is 1. The number of allylic oxidation sites excluding steroid dienone is 1. The molecule has 0 spiro atoms. The Labute approximate surface area is 117 Å². The van der Waals surface area contributed by atoms with Crippen molar-refractivity contribution in [3.05, 3.63) is 11.6 Å². The van der Waals surface area contributed by atoms with Gasteiger partial charge >= 0.3 is 0 Å². The van der Waals surface area contributed by atoms with Gasteiger partial charge in [-0.05, 0) is 43.9 Å². The summed E-state index contributed by atoms with van der Waals surface area (Å²) in [5.74, 6) is 0. The molecule has 13 heavy (non-hydrogen) atoms. The standard InChI is InChI=1S/C11H18O.Ac/c1-11-6-3-2-4-9(11)8-10(12)5-7-11;/h4,10,12H,2-3,5-8H2,1H3;/t10?,11-;/m0./s1. The van der Waals surface area contributed by atoms with Crippen molar-refractivity contribution in [2.24, 2.45) is 5.41 Å². The van der Waals surface area contributed by atoms with Gasteiger partial charge in [0, 0.05) is 44.1 Å². The summed E-state index contributed by atoms with van der Waals surface area (Å²) in [5, 5.41) is 9.52. The maximum atomic E-state index is 9.52. The zero-order valence-electron chi connectivity index (χ0n) is 8.42. The first-order valence-electron chi connectivity index (χ1n) is 5.08. The molecule has 2 aliphatic rings. The molecule has 1 N–H and O–H groups in total. The van der Waals surface area contributed by atoms with Crippen LogP contribution in [0.25, 0.3) is 0 Å². The van der Waals surface area contributed by atoms with E-state index in [-0.39, 0.29) is 50.2 Å². The van der Waals surface area contributed by atoms with Crippen LogP contribution in [0.3, 0.4) is 0 Å². The van der Waals surface area contributed by atoms with E-state index in [2.05, 4.69) is 13.0 Å². The van der Waals surface area contributed by atoms with Crippen molar-refractivity contribution < 1.29 is 49.2 Å². The summed E-state index contributed by atoms with van der Waals surface area (Å²) in [7, 11) is 0. The number of rotatable bonds is 0. The topological polar surface area (TPSA) is 20.2 Å². The molecule has 0 saturated heterocycles. The summed E-state index contributed by atoms with van der Waals surface area (Å²) in [6, 6.07) is 0. The minimum Gasteiger partial charge on any atom is -0.393 e. The van der Waals surface area contributed by atoms with Gasteiger partial charge in [0.1, 0.15) is 0 Å². The zero-order valence-corrected chi connectivity index (χ0v) is 13.2. The summed E-state index contributed by atoms with van der Waals surface area (Å²) in [5.41, 5.74) is 1.99. The summed E-state index contributed by atoms with van der Waals surface area (Å²) >= 11 is 0. The number of hydrogen-bond donors (Lipinski definition) is 1. The molecule has 1 saturated carbocycles. The second kappa shape index (κ2) is 4.78. The first kappa shape index (κ1) is 12.2. The van der Waals surface area contributed by atoms with Gasteiger partial charge in [-0.2, -0.15) is 0 Å². The van der Waals surface area contributed by atoms with Crippen LogP contribution >= 0.6 is 0 Å². The van der Waals surface area contributed by atoms with Gasteiger partial charge in [-0.15, -0.1) is 0 Å². The van der Waals surface area contributed by atoms with Gasteiger partial charge in [0.15, 0.2) is 0 Å². The van der Waals surface area contributed by atoms with E-state index in [1.165, 1.54) is 31.3 Å². The van der Waals surface area contributed by atoms with E-state index in [1.807, 2.05) is 0 Å². The molecule has 1 nitrogen and oxygen atoms in total. The summed E-state index contributed by atoms with van der Waals surface area (Å²) in [4.78, 5) is 0. The molecular formula is C11H18AcO. The predicted octanol–water partition coefficient (Wildman–Crippen LogP) is 2.65. The monoisotopic (exact) mass is 393 g/mol. The maximum absolute atomic E-state index is 9.52. The molecule has 2 aliphatic carbocycles. The van der Waals surface area contributed by atoms with Gasteiger partial charge in [0.05, 0.1) is 6.10 Å². The van der Waals surface area contributed by atoms with Gasteiger partial charge in [0.2, 0.25) is 0 Å². The third kappa shape index (κ3) is 2.58. The largest absolute Gasteiger partial charge is 0.393 e. The minimum atomic E-state index is -0.0533. The summed E-state index contributed by atoms with van der Waals surface area (Å²) in [6.07, 6.45) is 9.37. The molecule has 1 fully saturated rings. The molecule has 0 aromatic heterocycles. The quantitative estimate of drug-likeness (QED) is 0.628. The predicted molar refractivity (Wildman–Crippen MR) is 49.9 cm³/mol. The fourth-order valence-corrected chi connectivity index (χ4v) is 2.63. The molecule has 2 heteroatoms. The fraction of sp³-hybridized carbons (Fsp3) is 0.818. The Bertz CT molecular complexity index is 212. The zero-order chi connectivity index (χ0) is 8.60.